The number of aliphatic hydroxyl groups excluding tert-OH is 1. The Labute approximate surface area is 175 Å². The van der Waals surface area contributed by atoms with Gasteiger partial charge in [-0.2, -0.15) is 0 Å². The lowest BCUT2D eigenvalue weighted by molar-refractivity contribution is -0.384. The number of rotatable bonds is 4. The number of halogens is 1. The molecule has 8 heteroatoms. The molecule has 1 amide bonds. The van der Waals surface area contributed by atoms with Gasteiger partial charge in [-0.25, -0.2) is 4.39 Å². The topological polar surface area (TPSA) is 101 Å². The minimum absolute atomic E-state index is 0.0207. The molecule has 1 heterocycles. The Morgan fingerprint density at radius 3 is 2.35 bits per heavy atom. The summed E-state index contributed by atoms with van der Waals surface area (Å²) in [7, 11) is 0. The normalized spacial score (nSPS) is 17.7. The molecule has 0 aliphatic carbocycles. The van der Waals surface area contributed by atoms with Crippen LogP contribution in [0.2, 0.25) is 0 Å². The van der Waals surface area contributed by atoms with Crippen LogP contribution in [0.3, 0.4) is 0 Å². The van der Waals surface area contributed by atoms with Gasteiger partial charge >= 0.3 is 0 Å². The maximum atomic E-state index is 13.9. The number of carbonyl (C=O) groups is 2. The number of hydrogen-bond acceptors (Lipinski definition) is 5. The van der Waals surface area contributed by atoms with Crippen molar-refractivity contribution in [1.82, 2.24) is 0 Å². The van der Waals surface area contributed by atoms with Gasteiger partial charge in [0.15, 0.2) is 0 Å². The molecule has 7 nitrogen and oxygen atoms in total. The van der Waals surface area contributed by atoms with E-state index >= 15 is 0 Å². The van der Waals surface area contributed by atoms with Crippen LogP contribution in [0.1, 0.15) is 17.2 Å². The highest BCUT2D eigenvalue weighted by Gasteiger charge is 2.47. The predicted octanol–water partition coefficient (Wildman–Crippen LogP) is 4.36. The summed E-state index contributed by atoms with van der Waals surface area (Å²) in [6, 6.07) is 17.8. The molecule has 154 valence electrons. The van der Waals surface area contributed by atoms with Crippen LogP contribution >= 0.6 is 0 Å². The van der Waals surface area contributed by atoms with E-state index in [0.29, 0.717) is 5.56 Å². The van der Waals surface area contributed by atoms with Gasteiger partial charge in [-0.3, -0.25) is 24.6 Å². The molecule has 3 aromatic rings. The number of aliphatic hydroxyl groups is 1. The maximum Gasteiger partial charge on any atom is 0.300 e. The smallest absolute Gasteiger partial charge is 0.300 e. The number of nitro groups is 1. The molecule has 1 aliphatic heterocycles. The van der Waals surface area contributed by atoms with Crippen molar-refractivity contribution in [3.8, 4) is 0 Å². The van der Waals surface area contributed by atoms with Gasteiger partial charge in [0.05, 0.1) is 16.5 Å². The number of nitro benzene ring substituents is 1. The lowest BCUT2D eigenvalue weighted by Crippen LogP contribution is -2.29. The van der Waals surface area contributed by atoms with Gasteiger partial charge < -0.3 is 5.11 Å². The minimum atomic E-state index is -1.04. The lowest BCUT2D eigenvalue weighted by Gasteiger charge is -2.25. The van der Waals surface area contributed by atoms with E-state index in [0.717, 1.165) is 17.0 Å². The standard InChI is InChI=1S/C23H15FN2O5/c24-16-9-5-10-17(13-16)25-20(14-6-2-1-3-7-14)19(22(28)23(25)29)21(27)15-8-4-11-18(12-15)26(30)31/h1-13,20,27H/b21-19-. The zero-order valence-corrected chi connectivity index (χ0v) is 15.9. The average molecular weight is 418 g/mol. The van der Waals surface area contributed by atoms with Crippen molar-refractivity contribution in [1.29, 1.82) is 0 Å². The molecule has 0 bridgehead atoms. The largest absolute Gasteiger partial charge is 0.507 e. The SMILES string of the molecule is O=C1C(=O)N(c2cccc(F)c2)C(c2ccccc2)/C1=C(/O)c1cccc([N+](=O)[O-])c1. The second-order valence-corrected chi connectivity index (χ2v) is 6.87. The predicted molar refractivity (Wildman–Crippen MR) is 111 cm³/mol. The summed E-state index contributed by atoms with van der Waals surface area (Å²) in [5.74, 6) is -3.05. The molecule has 1 fully saturated rings. The van der Waals surface area contributed by atoms with E-state index in [9.17, 15) is 29.2 Å². The molecule has 1 unspecified atom stereocenters. The Balaban J connectivity index is 1.95. The molecular formula is C23H15FN2O5. The van der Waals surface area contributed by atoms with Crippen molar-refractivity contribution < 1.29 is 24.0 Å². The van der Waals surface area contributed by atoms with Crippen LogP contribution in [0, 0.1) is 15.9 Å². The van der Waals surface area contributed by atoms with Crippen molar-refractivity contribution in [2.24, 2.45) is 0 Å². The molecule has 1 saturated heterocycles. The highest BCUT2D eigenvalue weighted by Crippen LogP contribution is 2.42. The quantitative estimate of drug-likeness (QED) is 0.223. The number of Topliss-reactive ketones (excluding diaryl/α,β-unsaturated/α-hetero) is 1. The van der Waals surface area contributed by atoms with E-state index in [1.165, 1.54) is 36.4 Å². The van der Waals surface area contributed by atoms with E-state index in [-0.39, 0.29) is 22.5 Å². The fraction of sp³-hybridized carbons (Fsp3) is 0.0435. The number of carbonyl (C=O) groups excluding carboxylic acids is 2. The van der Waals surface area contributed by atoms with Crippen LogP contribution in [0.15, 0.2) is 84.4 Å². The molecule has 1 aliphatic rings. The Morgan fingerprint density at radius 1 is 0.968 bits per heavy atom. The number of hydrogen-bond donors (Lipinski definition) is 1. The number of non-ortho nitro benzene ring substituents is 1. The number of benzene rings is 3. The molecule has 0 aromatic heterocycles. The van der Waals surface area contributed by atoms with Crippen LogP contribution in [0.4, 0.5) is 15.8 Å². The van der Waals surface area contributed by atoms with Crippen molar-refractivity contribution in [3.05, 3.63) is 111 Å². The molecule has 0 saturated carbocycles. The van der Waals surface area contributed by atoms with Crippen molar-refractivity contribution in [2.45, 2.75) is 6.04 Å². The van der Waals surface area contributed by atoms with Crippen LogP contribution in [0.5, 0.6) is 0 Å². The molecule has 0 spiro atoms. The lowest BCUT2D eigenvalue weighted by atomic mass is 9.95. The Morgan fingerprint density at radius 2 is 1.68 bits per heavy atom. The summed E-state index contributed by atoms with van der Waals surface area (Å²) in [6.07, 6.45) is 0. The van der Waals surface area contributed by atoms with E-state index in [4.69, 9.17) is 0 Å². The zero-order chi connectivity index (χ0) is 22.1. The molecule has 1 atom stereocenters. The van der Waals surface area contributed by atoms with Gasteiger partial charge in [0, 0.05) is 23.4 Å². The summed E-state index contributed by atoms with van der Waals surface area (Å²) in [5.41, 5.74) is 0.167. The molecule has 0 radical (unpaired) electrons. The summed E-state index contributed by atoms with van der Waals surface area (Å²) >= 11 is 0. The van der Waals surface area contributed by atoms with Crippen molar-refractivity contribution >= 4 is 28.8 Å². The third-order valence-electron chi connectivity index (χ3n) is 4.98. The maximum absolute atomic E-state index is 13.9. The van der Waals surface area contributed by atoms with Crippen LogP contribution < -0.4 is 4.90 Å². The molecule has 4 rings (SSSR count). The summed E-state index contributed by atoms with van der Waals surface area (Å²) < 4.78 is 13.9. The summed E-state index contributed by atoms with van der Waals surface area (Å²) in [4.78, 5) is 37.5. The number of nitrogens with zero attached hydrogens (tertiary/aromatic N) is 2. The van der Waals surface area contributed by atoms with Gasteiger partial charge in [-0.15, -0.1) is 0 Å². The van der Waals surface area contributed by atoms with Gasteiger partial charge in [-0.05, 0) is 23.8 Å². The van der Waals surface area contributed by atoms with E-state index in [1.807, 2.05) is 0 Å². The molecule has 31 heavy (non-hydrogen) atoms. The van der Waals surface area contributed by atoms with Gasteiger partial charge in [0.25, 0.3) is 17.4 Å². The first-order chi connectivity index (χ1) is 14.9. The molecule has 3 aromatic carbocycles. The first kappa shape index (κ1) is 20.0. The Bertz CT molecular complexity index is 1240. The number of amides is 1. The summed E-state index contributed by atoms with van der Waals surface area (Å²) in [6.45, 7) is 0. The Kier molecular flexibility index (Phi) is 5.04. The van der Waals surface area contributed by atoms with Crippen LogP contribution in [-0.2, 0) is 9.59 Å². The molecular weight excluding hydrogens is 403 g/mol. The third-order valence-corrected chi connectivity index (χ3v) is 4.98. The summed E-state index contributed by atoms with van der Waals surface area (Å²) in [5, 5.41) is 22.1. The first-order valence-electron chi connectivity index (χ1n) is 9.25. The highest BCUT2D eigenvalue weighted by molar-refractivity contribution is 6.51. The van der Waals surface area contributed by atoms with Gasteiger partial charge in [0.1, 0.15) is 11.6 Å². The number of ketones is 1. The highest BCUT2D eigenvalue weighted by atomic mass is 19.1. The Hall–Kier alpha value is -4.33. The van der Waals surface area contributed by atoms with Crippen LogP contribution in [0.25, 0.3) is 5.76 Å². The van der Waals surface area contributed by atoms with Gasteiger partial charge in [0.2, 0.25) is 0 Å². The number of anilines is 1. The van der Waals surface area contributed by atoms with Crippen LogP contribution in [-0.4, -0.2) is 21.7 Å². The zero-order valence-electron chi connectivity index (χ0n) is 15.9. The average Bonchev–Trinajstić information content (AvgIpc) is 3.04. The monoisotopic (exact) mass is 418 g/mol. The minimum Gasteiger partial charge on any atom is -0.507 e. The van der Waals surface area contributed by atoms with E-state index in [2.05, 4.69) is 0 Å². The second kappa shape index (κ2) is 7.83. The van der Waals surface area contributed by atoms with Crippen molar-refractivity contribution in [2.75, 3.05) is 4.90 Å². The van der Waals surface area contributed by atoms with Crippen molar-refractivity contribution in [3.63, 3.8) is 0 Å². The fourth-order valence-corrected chi connectivity index (χ4v) is 3.60. The second-order valence-electron chi connectivity index (χ2n) is 6.87. The van der Waals surface area contributed by atoms with Gasteiger partial charge in [-0.1, -0.05) is 48.5 Å². The first-order valence-corrected chi connectivity index (χ1v) is 9.25. The third kappa shape index (κ3) is 3.55. The van der Waals surface area contributed by atoms with E-state index in [1.54, 1.807) is 30.3 Å². The fourth-order valence-electron chi connectivity index (χ4n) is 3.60. The molecule has 1 N–H and O–H groups in total. The van der Waals surface area contributed by atoms with E-state index < -0.39 is 34.2 Å².